The molecule has 0 saturated carbocycles. The highest BCUT2D eigenvalue weighted by Crippen LogP contribution is 2.29. The van der Waals surface area contributed by atoms with Gasteiger partial charge in [0.2, 0.25) is 0 Å². The third-order valence-electron chi connectivity index (χ3n) is 2.83. The maximum absolute atomic E-state index is 5.88. The van der Waals surface area contributed by atoms with Crippen molar-refractivity contribution in [3.63, 3.8) is 0 Å². The molecular weight excluding hydrogens is 246 g/mol. The molecule has 3 heteroatoms. The van der Waals surface area contributed by atoms with Crippen LogP contribution in [0.5, 0.6) is 0 Å². The Kier molecular flexibility index (Phi) is 2.65. The van der Waals surface area contributed by atoms with E-state index in [1.807, 2.05) is 30.3 Å². The van der Waals surface area contributed by atoms with Gasteiger partial charge in [0.05, 0.1) is 5.02 Å². The van der Waals surface area contributed by atoms with E-state index in [4.69, 9.17) is 16.0 Å². The van der Waals surface area contributed by atoms with Crippen LogP contribution >= 0.6 is 11.6 Å². The summed E-state index contributed by atoms with van der Waals surface area (Å²) in [6.45, 7) is 4.11. The lowest BCUT2D eigenvalue weighted by Crippen LogP contribution is -1.85. The molecule has 2 nitrogen and oxygen atoms in total. The van der Waals surface area contributed by atoms with Gasteiger partial charge in [-0.3, -0.25) is 4.98 Å². The van der Waals surface area contributed by atoms with Gasteiger partial charge < -0.3 is 4.42 Å². The van der Waals surface area contributed by atoms with Crippen LogP contribution in [0.3, 0.4) is 0 Å². The SMILES string of the molecule is C=C(c1ccccc1)c1coc2cc(Cl)cnc12. The lowest BCUT2D eigenvalue weighted by Gasteiger charge is -2.02. The third kappa shape index (κ3) is 1.81. The zero-order chi connectivity index (χ0) is 12.5. The summed E-state index contributed by atoms with van der Waals surface area (Å²) in [7, 11) is 0. The molecule has 0 spiro atoms. The molecule has 0 fully saturated rings. The van der Waals surface area contributed by atoms with Gasteiger partial charge in [-0.05, 0) is 11.1 Å². The fraction of sp³-hybridized carbons (Fsp3) is 0. The van der Waals surface area contributed by atoms with Crippen molar-refractivity contribution >= 4 is 28.3 Å². The van der Waals surface area contributed by atoms with Crippen molar-refractivity contribution in [2.24, 2.45) is 0 Å². The molecule has 88 valence electrons. The summed E-state index contributed by atoms with van der Waals surface area (Å²) in [5.41, 5.74) is 4.30. The quantitative estimate of drug-likeness (QED) is 0.672. The molecule has 0 N–H and O–H groups in total. The lowest BCUT2D eigenvalue weighted by molar-refractivity contribution is 0.614. The van der Waals surface area contributed by atoms with E-state index in [2.05, 4.69) is 11.6 Å². The number of pyridine rings is 1. The zero-order valence-electron chi connectivity index (χ0n) is 9.56. The van der Waals surface area contributed by atoms with Crippen molar-refractivity contribution in [1.29, 1.82) is 0 Å². The predicted octanol–water partition coefficient (Wildman–Crippen LogP) is 4.54. The van der Waals surface area contributed by atoms with Gasteiger partial charge in [-0.25, -0.2) is 0 Å². The Morgan fingerprint density at radius 2 is 2.00 bits per heavy atom. The second-order valence-electron chi connectivity index (χ2n) is 3.99. The molecule has 3 aromatic rings. The number of furan rings is 1. The van der Waals surface area contributed by atoms with E-state index in [-0.39, 0.29) is 0 Å². The van der Waals surface area contributed by atoms with Crippen LogP contribution < -0.4 is 0 Å². The second-order valence-corrected chi connectivity index (χ2v) is 4.43. The van der Waals surface area contributed by atoms with E-state index < -0.39 is 0 Å². The van der Waals surface area contributed by atoms with Gasteiger partial charge in [0.25, 0.3) is 0 Å². The largest absolute Gasteiger partial charge is 0.462 e. The summed E-state index contributed by atoms with van der Waals surface area (Å²) in [4.78, 5) is 4.30. The van der Waals surface area contributed by atoms with Gasteiger partial charge in [0, 0.05) is 17.8 Å². The van der Waals surface area contributed by atoms with Crippen LogP contribution in [0.2, 0.25) is 5.02 Å². The zero-order valence-corrected chi connectivity index (χ0v) is 10.3. The molecule has 18 heavy (non-hydrogen) atoms. The first-order valence-corrected chi connectivity index (χ1v) is 5.91. The molecule has 0 radical (unpaired) electrons. The van der Waals surface area contributed by atoms with E-state index in [1.54, 1.807) is 18.5 Å². The van der Waals surface area contributed by atoms with Gasteiger partial charge in [0.1, 0.15) is 11.8 Å². The van der Waals surface area contributed by atoms with Gasteiger partial charge >= 0.3 is 0 Å². The highest BCUT2D eigenvalue weighted by molar-refractivity contribution is 6.31. The molecule has 3 rings (SSSR count). The maximum atomic E-state index is 5.88. The molecule has 0 atom stereocenters. The Labute approximate surface area is 110 Å². The normalized spacial score (nSPS) is 10.7. The van der Waals surface area contributed by atoms with Crippen molar-refractivity contribution < 1.29 is 4.42 Å². The highest BCUT2D eigenvalue weighted by Gasteiger charge is 2.11. The lowest BCUT2D eigenvalue weighted by atomic mass is 10.0. The first-order chi connectivity index (χ1) is 8.75. The van der Waals surface area contributed by atoms with E-state index in [1.165, 1.54) is 0 Å². The van der Waals surface area contributed by atoms with Gasteiger partial charge in [-0.2, -0.15) is 0 Å². The molecule has 0 bridgehead atoms. The minimum atomic E-state index is 0.564. The minimum Gasteiger partial charge on any atom is -0.462 e. The molecule has 0 amide bonds. The number of hydrogen-bond acceptors (Lipinski definition) is 2. The molecular formula is C15H10ClNO. The summed E-state index contributed by atoms with van der Waals surface area (Å²) >= 11 is 5.88. The maximum Gasteiger partial charge on any atom is 0.154 e. The summed E-state index contributed by atoms with van der Waals surface area (Å²) in [5, 5.41) is 0.564. The molecule has 0 aliphatic carbocycles. The Hall–Kier alpha value is -2.06. The second kappa shape index (κ2) is 4.31. The monoisotopic (exact) mass is 255 g/mol. The standard InChI is InChI=1S/C15H10ClNO/c1-10(11-5-3-2-4-6-11)13-9-18-14-7-12(16)8-17-15(13)14/h2-9H,1H2. The third-order valence-corrected chi connectivity index (χ3v) is 3.03. The summed E-state index contributed by atoms with van der Waals surface area (Å²) in [5.74, 6) is 0. The predicted molar refractivity (Wildman–Crippen MR) is 73.6 cm³/mol. The van der Waals surface area contributed by atoms with Crippen LogP contribution in [-0.2, 0) is 0 Å². The van der Waals surface area contributed by atoms with E-state index in [9.17, 15) is 0 Å². The average Bonchev–Trinajstić information content (AvgIpc) is 2.81. The minimum absolute atomic E-state index is 0.564. The van der Waals surface area contributed by atoms with E-state index >= 15 is 0 Å². The Bertz CT molecular complexity index is 716. The van der Waals surface area contributed by atoms with E-state index in [0.29, 0.717) is 10.6 Å². The molecule has 0 unspecified atom stereocenters. The number of rotatable bonds is 2. The number of aromatic nitrogens is 1. The van der Waals surface area contributed by atoms with Crippen molar-refractivity contribution in [2.45, 2.75) is 0 Å². The number of halogens is 1. The van der Waals surface area contributed by atoms with E-state index in [0.717, 1.165) is 22.2 Å². The Morgan fingerprint density at radius 1 is 1.22 bits per heavy atom. The fourth-order valence-electron chi connectivity index (χ4n) is 1.90. The van der Waals surface area contributed by atoms with Crippen LogP contribution in [0.15, 0.2) is 59.9 Å². The van der Waals surface area contributed by atoms with Crippen LogP contribution in [0.4, 0.5) is 0 Å². The number of benzene rings is 1. The van der Waals surface area contributed by atoms with Crippen LogP contribution in [0.25, 0.3) is 16.7 Å². The summed E-state index contributed by atoms with van der Waals surface area (Å²) in [6, 6.07) is 11.7. The summed E-state index contributed by atoms with van der Waals surface area (Å²) < 4.78 is 5.46. The molecule has 1 aromatic carbocycles. The number of nitrogens with zero attached hydrogens (tertiary/aromatic N) is 1. The number of fused-ring (bicyclic) bond motifs is 1. The molecule has 2 heterocycles. The summed E-state index contributed by atoms with van der Waals surface area (Å²) in [6.07, 6.45) is 3.28. The van der Waals surface area contributed by atoms with Crippen LogP contribution in [0.1, 0.15) is 11.1 Å². The Balaban J connectivity index is 2.13. The average molecular weight is 256 g/mol. The van der Waals surface area contributed by atoms with Crippen LogP contribution in [0, 0.1) is 0 Å². The molecule has 0 aliphatic heterocycles. The Morgan fingerprint density at radius 3 is 2.78 bits per heavy atom. The van der Waals surface area contributed by atoms with Crippen molar-refractivity contribution in [1.82, 2.24) is 4.98 Å². The van der Waals surface area contributed by atoms with Crippen molar-refractivity contribution in [3.8, 4) is 0 Å². The first-order valence-electron chi connectivity index (χ1n) is 5.53. The molecule has 0 saturated heterocycles. The molecule has 2 aromatic heterocycles. The molecule has 0 aliphatic rings. The van der Waals surface area contributed by atoms with Gasteiger partial charge in [-0.15, -0.1) is 0 Å². The fourth-order valence-corrected chi connectivity index (χ4v) is 2.05. The first kappa shape index (κ1) is 11.1. The van der Waals surface area contributed by atoms with Crippen LogP contribution in [-0.4, -0.2) is 4.98 Å². The number of hydrogen-bond donors (Lipinski definition) is 0. The van der Waals surface area contributed by atoms with Gasteiger partial charge in [-0.1, -0.05) is 48.5 Å². The topological polar surface area (TPSA) is 26.0 Å². The van der Waals surface area contributed by atoms with Crippen molar-refractivity contribution in [2.75, 3.05) is 0 Å². The smallest absolute Gasteiger partial charge is 0.154 e. The van der Waals surface area contributed by atoms with Gasteiger partial charge in [0.15, 0.2) is 5.58 Å². The highest BCUT2D eigenvalue weighted by atomic mass is 35.5. The van der Waals surface area contributed by atoms with Crippen molar-refractivity contribution in [3.05, 3.63) is 71.6 Å².